The first-order valence-corrected chi connectivity index (χ1v) is 5.57. The normalized spacial score (nSPS) is 10.2. The highest BCUT2D eigenvalue weighted by Gasteiger charge is 2.13. The van der Waals surface area contributed by atoms with E-state index in [1.54, 1.807) is 6.92 Å². The van der Waals surface area contributed by atoms with Gasteiger partial charge in [0.1, 0.15) is 17.3 Å². The van der Waals surface area contributed by atoms with Crippen molar-refractivity contribution in [2.24, 2.45) is 0 Å². The smallest absolute Gasteiger partial charge is 0.258 e. The molecule has 19 heavy (non-hydrogen) atoms. The lowest BCUT2D eigenvalue weighted by atomic mass is 10.1. The molecule has 5 heteroatoms. The molecule has 2 aromatic carbocycles. The van der Waals surface area contributed by atoms with Crippen LogP contribution in [0.3, 0.4) is 0 Å². The third-order valence-electron chi connectivity index (χ3n) is 2.66. The van der Waals surface area contributed by atoms with E-state index >= 15 is 0 Å². The molecule has 2 rings (SSSR count). The second-order valence-electron chi connectivity index (χ2n) is 4.12. The maximum Gasteiger partial charge on any atom is 0.258 e. The average Bonchev–Trinajstić information content (AvgIpc) is 2.32. The fourth-order valence-corrected chi connectivity index (χ4v) is 1.67. The molecule has 0 saturated carbocycles. The monoisotopic (exact) mass is 261 g/mol. The summed E-state index contributed by atoms with van der Waals surface area (Å²) in [7, 11) is 0. The number of carbonyl (C=O) groups excluding carboxylic acids is 1. The zero-order chi connectivity index (χ0) is 14.0. The van der Waals surface area contributed by atoms with Gasteiger partial charge in [-0.05, 0) is 42.8 Å². The van der Waals surface area contributed by atoms with E-state index < -0.39 is 11.7 Å². The van der Waals surface area contributed by atoms with Gasteiger partial charge >= 0.3 is 0 Å². The largest absolute Gasteiger partial charge is 0.508 e. The summed E-state index contributed by atoms with van der Waals surface area (Å²) in [6, 6.07) is 7.76. The van der Waals surface area contributed by atoms with Crippen LogP contribution in [-0.2, 0) is 0 Å². The number of benzene rings is 2. The van der Waals surface area contributed by atoms with E-state index in [4.69, 9.17) is 5.11 Å². The van der Waals surface area contributed by atoms with Crippen LogP contribution in [0, 0.1) is 12.7 Å². The van der Waals surface area contributed by atoms with Gasteiger partial charge < -0.3 is 15.5 Å². The molecule has 0 saturated heterocycles. The van der Waals surface area contributed by atoms with E-state index in [0.29, 0.717) is 11.3 Å². The second-order valence-corrected chi connectivity index (χ2v) is 4.12. The first-order valence-electron chi connectivity index (χ1n) is 5.57. The number of hydrogen-bond acceptors (Lipinski definition) is 3. The minimum absolute atomic E-state index is 0.0892. The second kappa shape index (κ2) is 4.97. The fraction of sp³-hybridized carbons (Fsp3) is 0.0714. The lowest BCUT2D eigenvalue weighted by Gasteiger charge is -2.09. The molecule has 98 valence electrons. The van der Waals surface area contributed by atoms with Crippen molar-refractivity contribution in [3.8, 4) is 11.5 Å². The summed E-state index contributed by atoms with van der Waals surface area (Å²) in [5, 5.41) is 20.9. The third-order valence-corrected chi connectivity index (χ3v) is 2.66. The Bertz CT molecular complexity index is 641. The molecule has 1 amide bonds. The number of rotatable bonds is 2. The van der Waals surface area contributed by atoms with Crippen molar-refractivity contribution in [3.63, 3.8) is 0 Å². The van der Waals surface area contributed by atoms with E-state index in [1.807, 2.05) is 0 Å². The Hall–Kier alpha value is -2.56. The van der Waals surface area contributed by atoms with Crippen LogP contribution >= 0.6 is 0 Å². The third kappa shape index (κ3) is 2.82. The molecule has 2 aromatic rings. The molecule has 0 aliphatic carbocycles. The molecule has 0 spiro atoms. The molecule has 4 nitrogen and oxygen atoms in total. The standard InChI is InChI=1S/C14H12FNO3/c1-8-6-9(17)3-5-13(8)16-14(19)11-4-2-10(18)7-12(11)15/h2-7,17-18H,1H3,(H,16,19). The highest BCUT2D eigenvalue weighted by atomic mass is 19.1. The van der Waals surface area contributed by atoms with Gasteiger partial charge in [-0.25, -0.2) is 4.39 Å². The number of phenols is 2. The quantitative estimate of drug-likeness (QED) is 0.728. The van der Waals surface area contributed by atoms with Gasteiger partial charge in [-0.1, -0.05) is 0 Å². The molecular formula is C14H12FNO3. The number of carbonyl (C=O) groups is 1. The number of amides is 1. The van der Waals surface area contributed by atoms with Gasteiger partial charge in [-0.3, -0.25) is 4.79 Å². The number of aryl methyl sites for hydroxylation is 1. The molecule has 0 aromatic heterocycles. The molecule has 0 bridgehead atoms. The predicted molar refractivity (Wildman–Crippen MR) is 68.9 cm³/mol. The number of phenolic OH excluding ortho intramolecular Hbond substituents is 2. The Balaban J connectivity index is 2.25. The minimum atomic E-state index is -0.797. The van der Waals surface area contributed by atoms with Gasteiger partial charge in [0.25, 0.3) is 5.91 Å². The summed E-state index contributed by atoms with van der Waals surface area (Å²) in [5.41, 5.74) is 0.980. The number of aromatic hydroxyl groups is 2. The van der Waals surface area contributed by atoms with Gasteiger partial charge in [0.2, 0.25) is 0 Å². The highest BCUT2D eigenvalue weighted by molar-refractivity contribution is 6.04. The molecule has 0 atom stereocenters. The van der Waals surface area contributed by atoms with E-state index in [2.05, 4.69) is 5.32 Å². The van der Waals surface area contributed by atoms with Crippen molar-refractivity contribution in [1.29, 1.82) is 0 Å². The Morgan fingerprint density at radius 1 is 1.11 bits per heavy atom. The lowest BCUT2D eigenvalue weighted by molar-refractivity contribution is 0.102. The van der Waals surface area contributed by atoms with Crippen molar-refractivity contribution in [2.75, 3.05) is 5.32 Å². The summed E-state index contributed by atoms with van der Waals surface area (Å²) in [5.74, 6) is -1.57. The van der Waals surface area contributed by atoms with E-state index in [1.165, 1.54) is 30.3 Å². The van der Waals surface area contributed by atoms with Crippen molar-refractivity contribution >= 4 is 11.6 Å². The summed E-state index contributed by atoms with van der Waals surface area (Å²) >= 11 is 0. The van der Waals surface area contributed by atoms with Crippen LogP contribution in [0.4, 0.5) is 10.1 Å². The van der Waals surface area contributed by atoms with Crippen LogP contribution in [0.15, 0.2) is 36.4 Å². The molecule has 0 heterocycles. The SMILES string of the molecule is Cc1cc(O)ccc1NC(=O)c1ccc(O)cc1F. The number of hydrogen-bond donors (Lipinski definition) is 3. The fourth-order valence-electron chi connectivity index (χ4n) is 1.67. The maximum atomic E-state index is 13.5. The van der Waals surface area contributed by atoms with E-state index in [9.17, 15) is 14.3 Å². The molecule has 0 aliphatic heterocycles. The molecule has 0 aliphatic rings. The molecule has 3 N–H and O–H groups in total. The minimum Gasteiger partial charge on any atom is -0.508 e. The Morgan fingerprint density at radius 3 is 2.37 bits per heavy atom. The van der Waals surface area contributed by atoms with Gasteiger partial charge in [-0.2, -0.15) is 0 Å². The summed E-state index contributed by atoms with van der Waals surface area (Å²) in [6.45, 7) is 1.71. The van der Waals surface area contributed by atoms with Crippen molar-refractivity contribution < 1.29 is 19.4 Å². The van der Waals surface area contributed by atoms with Crippen LogP contribution in [-0.4, -0.2) is 16.1 Å². The average molecular weight is 261 g/mol. The zero-order valence-corrected chi connectivity index (χ0v) is 10.1. The topological polar surface area (TPSA) is 69.6 Å². The number of nitrogens with one attached hydrogen (secondary N) is 1. The molecule has 0 fully saturated rings. The Kier molecular flexibility index (Phi) is 3.37. The summed E-state index contributed by atoms with van der Waals surface area (Å²) in [4.78, 5) is 11.9. The Morgan fingerprint density at radius 2 is 1.74 bits per heavy atom. The first-order chi connectivity index (χ1) is 8.97. The van der Waals surface area contributed by atoms with Crippen molar-refractivity contribution in [3.05, 3.63) is 53.3 Å². The van der Waals surface area contributed by atoms with Crippen LogP contribution in [0.5, 0.6) is 11.5 Å². The lowest BCUT2D eigenvalue weighted by Crippen LogP contribution is -2.14. The zero-order valence-electron chi connectivity index (χ0n) is 10.1. The molecular weight excluding hydrogens is 249 g/mol. The van der Waals surface area contributed by atoms with Gasteiger partial charge in [0.15, 0.2) is 0 Å². The summed E-state index contributed by atoms with van der Waals surface area (Å²) in [6.07, 6.45) is 0. The summed E-state index contributed by atoms with van der Waals surface area (Å²) < 4.78 is 13.5. The first kappa shape index (κ1) is 12.9. The number of anilines is 1. The van der Waals surface area contributed by atoms with Gasteiger partial charge in [-0.15, -0.1) is 0 Å². The van der Waals surface area contributed by atoms with Crippen molar-refractivity contribution in [2.45, 2.75) is 6.92 Å². The van der Waals surface area contributed by atoms with Gasteiger partial charge in [0, 0.05) is 11.8 Å². The number of halogens is 1. The van der Waals surface area contributed by atoms with E-state index in [-0.39, 0.29) is 17.1 Å². The predicted octanol–water partition coefficient (Wildman–Crippen LogP) is 2.80. The Labute approximate surface area is 109 Å². The molecule has 0 unspecified atom stereocenters. The van der Waals surface area contributed by atoms with Crippen molar-refractivity contribution in [1.82, 2.24) is 0 Å². The van der Waals surface area contributed by atoms with Crippen LogP contribution < -0.4 is 5.32 Å². The van der Waals surface area contributed by atoms with E-state index in [0.717, 1.165) is 6.07 Å². The highest BCUT2D eigenvalue weighted by Crippen LogP contribution is 2.22. The van der Waals surface area contributed by atoms with Crippen LogP contribution in [0.25, 0.3) is 0 Å². The van der Waals surface area contributed by atoms with Crippen LogP contribution in [0.1, 0.15) is 15.9 Å². The van der Waals surface area contributed by atoms with Gasteiger partial charge in [0.05, 0.1) is 5.56 Å². The maximum absolute atomic E-state index is 13.5. The molecule has 0 radical (unpaired) electrons. The van der Waals surface area contributed by atoms with Crippen LogP contribution in [0.2, 0.25) is 0 Å².